The molecule has 0 aliphatic carbocycles. The fourth-order valence-corrected chi connectivity index (χ4v) is 1.25. The summed E-state index contributed by atoms with van der Waals surface area (Å²) in [5.41, 5.74) is 0. The Morgan fingerprint density at radius 3 is 2.64 bits per heavy atom. The van der Waals surface area contributed by atoms with Crippen molar-refractivity contribution in [2.45, 2.75) is 52.2 Å². The molecular formula is C12H25NO. The van der Waals surface area contributed by atoms with E-state index in [2.05, 4.69) is 32.7 Å². The van der Waals surface area contributed by atoms with E-state index in [0.717, 1.165) is 26.0 Å². The lowest BCUT2D eigenvalue weighted by Crippen LogP contribution is -2.33. The molecule has 1 N–H and O–H groups in total. The van der Waals surface area contributed by atoms with Crippen molar-refractivity contribution in [3.05, 3.63) is 12.7 Å². The van der Waals surface area contributed by atoms with Crippen LogP contribution in [0, 0.1) is 0 Å². The topological polar surface area (TPSA) is 21.3 Å². The Hall–Kier alpha value is -0.340. The van der Waals surface area contributed by atoms with Crippen molar-refractivity contribution in [2.75, 3.05) is 13.2 Å². The van der Waals surface area contributed by atoms with Gasteiger partial charge in [-0.25, -0.2) is 0 Å². The predicted octanol–water partition coefficient (Wildman–Crippen LogP) is 2.75. The van der Waals surface area contributed by atoms with Crippen LogP contribution in [0.3, 0.4) is 0 Å². The molecule has 0 saturated carbocycles. The van der Waals surface area contributed by atoms with Crippen LogP contribution in [0.15, 0.2) is 12.7 Å². The third kappa shape index (κ3) is 8.27. The number of nitrogens with one attached hydrogen (secondary N) is 1. The van der Waals surface area contributed by atoms with E-state index in [0.29, 0.717) is 12.1 Å². The summed E-state index contributed by atoms with van der Waals surface area (Å²) in [4.78, 5) is 0. The summed E-state index contributed by atoms with van der Waals surface area (Å²) in [5, 5.41) is 3.41. The molecule has 2 nitrogen and oxygen atoms in total. The Balaban J connectivity index is 3.59. The smallest absolute Gasteiger partial charge is 0.0699 e. The van der Waals surface area contributed by atoms with Crippen molar-refractivity contribution in [2.24, 2.45) is 0 Å². The molecule has 0 radical (unpaired) electrons. The van der Waals surface area contributed by atoms with Gasteiger partial charge >= 0.3 is 0 Å². The number of ether oxygens (including phenoxy) is 1. The minimum atomic E-state index is 0.363. The molecule has 1 atom stereocenters. The van der Waals surface area contributed by atoms with E-state index in [1.54, 1.807) is 0 Å². The van der Waals surface area contributed by atoms with Gasteiger partial charge in [0.2, 0.25) is 0 Å². The Morgan fingerprint density at radius 2 is 2.14 bits per heavy atom. The predicted molar refractivity (Wildman–Crippen MR) is 62.6 cm³/mol. The molecule has 1 unspecified atom stereocenters. The molecule has 0 amide bonds. The van der Waals surface area contributed by atoms with Crippen molar-refractivity contribution in [1.29, 1.82) is 0 Å². The molecule has 0 fully saturated rings. The molecule has 2 heteroatoms. The van der Waals surface area contributed by atoms with Gasteiger partial charge in [-0.15, -0.1) is 6.58 Å². The SMILES string of the molecule is C=CCCOC(CCC)CNC(C)C. The van der Waals surface area contributed by atoms with Gasteiger partial charge in [0.15, 0.2) is 0 Å². The van der Waals surface area contributed by atoms with Crippen LogP contribution in [-0.4, -0.2) is 25.3 Å². The zero-order valence-electron chi connectivity index (χ0n) is 9.88. The van der Waals surface area contributed by atoms with Gasteiger partial charge < -0.3 is 10.1 Å². The van der Waals surface area contributed by atoms with E-state index in [4.69, 9.17) is 4.74 Å². The summed E-state index contributed by atoms with van der Waals surface area (Å²) >= 11 is 0. The molecule has 0 rings (SSSR count). The van der Waals surface area contributed by atoms with E-state index in [-0.39, 0.29) is 0 Å². The summed E-state index contributed by atoms with van der Waals surface area (Å²) in [7, 11) is 0. The van der Waals surface area contributed by atoms with Gasteiger partial charge in [0.1, 0.15) is 0 Å². The average molecular weight is 199 g/mol. The van der Waals surface area contributed by atoms with Crippen LogP contribution in [0.5, 0.6) is 0 Å². The van der Waals surface area contributed by atoms with E-state index < -0.39 is 0 Å². The van der Waals surface area contributed by atoms with Gasteiger partial charge in [-0.3, -0.25) is 0 Å². The highest BCUT2D eigenvalue weighted by Crippen LogP contribution is 2.02. The minimum Gasteiger partial charge on any atom is -0.377 e. The highest BCUT2D eigenvalue weighted by Gasteiger charge is 2.07. The molecule has 0 aliphatic rings. The normalized spacial score (nSPS) is 13.1. The van der Waals surface area contributed by atoms with Crippen LogP contribution in [-0.2, 0) is 4.74 Å². The lowest BCUT2D eigenvalue weighted by molar-refractivity contribution is 0.0489. The van der Waals surface area contributed by atoms with E-state index in [9.17, 15) is 0 Å². The quantitative estimate of drug-likeness (QED) is 0.455. The van der Waals surface area contributed by atoms with Crippen LogP contribution in [0.1, 0.15) is 40.0 Å². The van der Waals surface area contributed by atoms with Crippen LogP contribution in [0.4, 0.5) is 0 Å². The molecule has 14 heavy (non-hydrogen) atoms. The van der Waals surface area contributed by atoms with Crippen LogP contribution in [0.2, 0.25) is 0 Å². The highest BCUT2D eigenvalue weighted by atomic mass is 16.5. The molecule has 0 aromatic carbocycles. The van der Waals surface area contributed by atoms with Crippen molar-refractivity contribution >= 4 is 0 Å². The van der Waals surface area contributed by atoms with Crippen LogP contribution >= 0.6 is 0 Å². The second-order valence-electron chi connectivity index (χ2n) is 3.92. The maximum Gasteiger partial charge on any atom is 0.0699 e. The Labute approximate surface area is 88.7 Å². The van der Waals surface area contributed by atoms with Crippen molar-refractivity contribution in [3.63, 3.8) is 0 Å². The van der Waals surface area contributed by atoms with Gasteiger partial charge in [0, 0.05) is 12.6 Å². The largest absolute Gasteiger partial charge is 0.377 e. The summed E-state index contributed by atoms with van der Waals surface area (Å²) < 4.78 is 5.74. The average Bonchev–Trinajstić information content (AvgIpc) is 2.14. The zero-order valence-corrected chi connectivity index (χ0v) is 9.88. The molecule has 0 heterocycles. The standard InChI is InChI=1S/C12H25NO/c1-5-7-9-14-12(8-6-2)10-13-11(3)4/h5,11-13H,1,6-10H2,2-4H3. The van der Waals surface area contributed by atoms with Gasteiger partial charge in [-0.05, 0) is 12.8 Å². The fraction of sp³-hybridized carbons (Fsp3) is 0.833. The first-order chi connectivity index (χ1) is 6.70. The Morgan fingerprint density at radius 1 is 1.43 bits per heavy atom. The van der Waals surface area contributed by atoms with E-state index in [1.807, 2.05) is 6.08 Å². The maximum absolute atomic E-state index is 5.74. The summed E-state index contributed by atoms with van der Waals surface area (Å²) in [6.07, 6.45) is 5.53. The second-order valence-corrected chi connectivity index (χ2v) is 3.92. The molecule has 0 spiro atoms. The second kappa shape index (κ2) is 9.22. The van der Waals surface area contributed by atoms with Gasteiger partial charge in [-0.2, -0.15) is 0 Å². The van der Waals surface area contributed by atoms with Gasteiger partial charge in [-0.1, -0.05) is 33.3 Å². The summed E-state index contributed by atoms with van der Waals surface area (Å²) in [6.45, 7) is 12.0. The molecule has 0 aromatic rings. The van der Waals surface area contributed by atoms with Crippen LogP contribution in [0.25, 0.3) is 0 Å². The lowest BCUT2D eigenvalue weighted by Gasteiger charge is -2.19. The minimum absolute atomic E-state index is 0.363. The molecular weight excluding hydrogens is 174 g/mol. The number of hydrogen-bond donors (Lipinski definition) is 1. The highest BCUT2D eigenvalue weighted by molar-refractivity contribution is 4.68. The third-order valence-electron chi connectivity index (χ3n) is 2.04. The van der Waals surface area contributed by atoms with Crippen molar-refractivity contribution in [1.82, 2.24) is 5.32 Å². The van der Waals surface area contributed by atoms with E-state index >= 15 is 0 Å². The Bertz CT molecular complexity index is 134. The van der Waals surface area contributed by atoms with Gasteiger partial charge in [0.25, 0.3) is 0 Å². The zero-order chi connectivity index (χ0) is 10.8. The maximum atomic E-state index is 5.74. The van der Waals surface area contributed by atoms with E-state index in [1.165, 1.54) is 6.42 Å². The lowest BCUT2D eigenvalue weighted by atomic mass is 10.2. The number of rotatable bonds is 9. The first-order valence-corrected chi connectivity index (χ1v) is 5.66. The monoisotopic (exact) mass is 199 g/mol. The van der Waals surface area contributed by atoms with Crippen molar-refractivity contribution < 1.29 is 4.74 Å². The van der Waals surface area contributed by atoms with Crippen molar-refractivity contribution in [3.8, 4) is 0 Å². The molecule has 84 valence electrons. The first-order valence-electron chi connectivity index (χ1n) is 5.66. The number of hydrogen-bond acceptors (Lipinski definition) is 2. The molecule has 0 bridgehead atoms. The summed E-state index contributed by atoms with van der Waals surface area (Å²) in [5.74, 6) is 0. The first kappa shape index (κ1) is 13.7. The Kier molecular flexibility index (Phi) is 9.00. The fourth-order valence-electron chi connectivity index (χ4n) is 1.25. The third-order valence-corrected chi connectivity index (χ3v) is 2.04. The molecule has 0 saturated heterocycles. The molecule has 0 aromatic heterocycles. The summed E-state index contributed by atoms with van der Waals surface area (Å²) in [6, 6.07) is 0.539. The van der Waals surface area contributed by atoms with Crippen LogP contribution < -0.4 is 5.32 Å². The molecule has 0 aliphatic heterocycles. The van der Waals surface area contributed by atoms with Gasteiger partial charge in [0.05, 0.1) is 12.7 Å².